The first-order valence-electron chi connectivity index (χ1n) is 10.8. The van der Waals surface area contributed by atoms with Crippen LogP contribution in [0.15, 0.2) is 36.8 Å². The molecule has 3 aromatic rings. The lowest BCUT2D eigenvalue weighted by atomic mass is 9.81. The Morgan fingerprint density at radius 3 is 2.84 bits per heavy atom. The number of nitriles is 1. The second-order valence-electron chi connectivity index (χ2n) is 8.52. The molecule has 1 aliphatic carbocycles. The maximum atomic E-state index is 12.1. The van der Waals surface area contributed by atoms with Crippen LogP contribution in [0.1, 0.15) is 36.8 Å². The minimum absolute atomic E-state index is 0.274. The van der Waals surface area contributed by atoms with Crippen molar-refractivity contribution in [1.29, 1.82) is 5.26 Å². The van der Waals surface area contributed by atoms with Gasteiger partial charge in [-0.3, -0.25) is 4.90 Å². The normalized spacial score (nSPS) is 18.3. The van der Waals surface area contributed by atoms with E-state index in [1.165, 1.54) is 4.90 Å². The second kappa shape index (κ2) is 9.27. The molecule has 8 nitrogen and oxygen atoms in total. The molecule has 0 saturated heterocycles. The average Bonchev–Trinajstić information content (AvgIpc) is 3.19. The number of hydrogen-bond acceptors (Lipinski definition) is 5. The van der Waals surface area contributed by atoms with Gasteiger partial charge in [0.15, 0.2) is 0 Å². The van der Waals surface area contributed by atoms with E-state index in [0.717, 1.165) is 48.8 Å². The Bertz CT molecular complexity index is 1170. The zero-order chi connectivity index (χ0) is 22.7. The zero-order valence-corrected chi connectivity index (χ0v) is 18.4. The molecule has 1 aliphatic rings. The van der Waals surface area contributed by atoms with Crippen LogP contribution in [0.3, 0.4) is 0 Å². The molecule has 1 amide bonds. The summed E-state index contributed by atoms with van der Waals surface area (Å²) in [4.78, 5) is 22.1. The van der Waals surface area contributed by atoms with Crippen LogP contribution in [0.25, 0.3) is 11.0 Å². The Balaban J connectivity index is 1.48. The van der Waals surface area contributed by atoms with Crippen LogP contribution in [0, 0.1) is 30.1 Å². The van der Waals surface area contributed by atoms with Gasteiger partial charge in [-0.2, -0.15) is 5.26 Å². The lowest BCUT2D eigenvalue weighted by molar-refractivity contribution is 0.195. The molecule has 4 rings (SSSR count). The molecule has 0 aliphatic heterocycles. The summed E-state index contributed by atoms with van der Waals surface area (Å²) in [6, 6.07) is 9.50. The van der Waals surface area contributed by atoms with Gasteiger partial charge >= 0.3 is 6.09 Å². The van der Waals surface area contributed by atoms with E-state index in [1.54, 1.807) is 25.4 Å². The molecule has 1 aromatic carbocycles. The van der Waals surface area contributed by atoms with Crippen LogP contribution < -0.4 is 9.64 Å². The summed E-state index contributed by atoms with van der Waals surface area (Å²) in [5.41, 5.74) is 3.91. The van der Waals surface area contributed by atoms with Gasteiger partial charge in [-0.25, -0.2) is 14.8 Å². The molecule has 0 spiro atoms. The van der Waals surface area contributed by atoms with Crippen LogP contribution in [-0.2, 0) is 6.54 Å². The van der Waals surface area contributed by atoms with Crippen molar-refractivity contribution >= 4 is 22.8 Å². The Kier molecular flexibility index (Phi) is 6.26. The van der Waals surface area contributed by atoms with Gasteiger partial charge in [-0.1, -0.05) is 6.42 Å². The summed E-state index contributed by atoms with van der Waals surface area (Å²) >= 11 is 0. The fraction of sp³-hybridized carbons (Fsp3) is 0.417. The van der Waals surface area contributed by atoms with Crippen molar-refractivity contribution in [2.75, 3.05) is 18.6 Å². The number of imidazole rings is 1. The fourth-order valence-corrected chi connectivity index (χ4v) is 4.74. The van der Waals surface area contributed by atoms with Crippen LogP contribution in [0.5, 0.6) is 5.88 Å². The van der Waals surface area contributed by atoms with Crippen molar-refractivity contribution < 1.29 is 14.6 Å². The molecule has 1 N–H and O–H groups in total. The predicted molar refractivity (Wildman–Crippen MR) is 121 cm³/mol. The molecule has 166 valence electrons. The number of fused-ring (bicyclic) bond motifs is 1. The Hall–Kier alpha value is -3.60. The summed E-state index contributed by atoms with van der Waals surface area (Å²) in [6.07, 6.45) is 6.57. The summed E-state index contributed by atoms with van der Waals surface area (Å²) in [6.45, 7) is 3.14. The van der Waals surface area contributed by atoms with Crippen LogP contribution in [0.4, 0.5) is 10.5 Å². The highest BCUT2D eigenvalue weighted by atomic mass is 16.5. The SMILES string of the molecule is COc1cc(C)c(N(CC2CCCC(Cn3cnc4ccc(C#N)cc43)C2)C(=O)O)cn1. The third kappa shape index (κ3) is 4.52. The number of nitrogens with zero attached hydrogens (tertiary/aromatic N) is 5. The van der Waals surface area contributed by atoms with Gasteiger partial charge in [-0.05, 0) is 61.8 Å². The molecule has 0 radical (unpaired) electrons. The molecular formula is C24H27N5O3. The summed E-state index contributed by atoms with van der Waals surface area (Å²) < 4.78 is 7.27. The number of aromatic nitrogens is 3. The Labute approximate surface area is 187 Å². The molecule has 2 heterocycles. The van der Waals surface area contributed by atoms with Gasteiger partial charge in [-0.15, -0.1) is 0 Å². The van der Waals surface area contributed by atoms with E-state index >= 15 is 0 Å². The third-order valence-electron chi connectivity index (χ3n) is 6.33. The van der Waals surface area contributed by atoms with Gasteiger partial charge in [0.1, 0.15) is 0 Å². The first-order valence-corrected chi connectivity index (χ1v) is 10.8. The first-order chi connectivity index (χ1) is 15.5. The number of anilines is 1. The Morgan fingerprint density at radius 2 is 2.12 bits per heavy atom. The molecule has 0 bridgehead atoms. The number of carboxylic acid groups (broad SMARTS) is 1. The van der Waals surface area contributed by atoms with E-state index in [-0.39, 0.29) is 5.92 Å². The number of pyridine rings is 1. The van der Waals surface area contributed by atoms with Crippen LogP contribution >= 0.6 is 0 Å². The van der Waals surface area contributed by atoms with E-state index in [2.05, 4.69) is 20.6 Å². The number of carbonyl (C=O) groups is 1. The molecule has 2 aromatic heterocycles. The lowest BCUT2D eigenvalue weighted by Crippen LogP contribution is -2.37. The third-order valence-corrected chi connectivity index (χ3v) is 6.33. The highest BCUT2D eigenvalue weighted by Crippen LogP contribution is 2.33. The van der Waals surface area contributed by atoms with Gasteiger partial charge in [0, 0.05) is 19.2 Å². The fourth-order valence-electron chi connectivity index (χ4n) is 4.74. The van der Waals surface area contributed by atoms with Crippen LogP contribution in [0.2, 0.25) is 0 Å². The smallest absolute Gasteiger partial charge is 0.411 e. The summed E-state index contributed by atoms with van der Waals surface area (Å²) in [5.74, 6) is 1.18. The molecular weight excluding hydrogens is 406 g/mol. The topological polar surface area (TPSA) is 104 Å². The number of hydrogen-bond donors (Lipinski definition) is 1. The van der Waals surface area contributed by atoms with E-state index in [4.69, 9.17) is 4.74 Å². The van der Waals surface area contributed by atoms with Gasteiger partial charge in [0.05, 0.1) is 48.0 Å². The van der Waals surface area contributed by atoms with Crippen molar-refractivity contribution in [3.8, 4) is 11.9 Å². The number of aryl methyl sites for hydroxylation is 1. The van der Waals surface area contributed by atoms with Crippen molar-refractivity contribution in [1.82, 2.24) is 14.5 Å². The average molecular weight is 434 g/mol. The molecule has 8 heteroatoms. The second-order valence-corrected chi connectivity index (χ2v) is 8.52. The van der Waals surface area contributed by atoms with Gasteiger partial charge in [0.2, 0.25) is 5.88 Å². The van der Waals surface area contributed by atoms with E-state index in [0.29, 0.717) is 29.6 Å². The van der Waals surface area contributed by atoms with Crippen LogP contribution in [-0.4, -0.2) is 39.4 Å². The number of ether oxygens (including phenoxy) is 1. The highest BCUT2D eigenvalue weighted by molar-refractivity contribution is 5.87. The molecule has 1 fully saturated rings. The highest BCUT2D eigenvalue weighted by Gasteiger charge is 2.27. The minimum Gasteiger partial charge on any atom is -0.481 e. The van der Waals surface area contributed by atoms with E-state index in [1.807, 2.05) is 25.4 Å². The summed E-state index contributed by atoms with van der Waals surface area (Å²) in [7, 11) is 1.54. The maximum absolute atomic E-state index is 12.1. The lowest BCUT2D eigenvalue weighted by Gasteiger charge is -2.33. The quantitative estimate of drug-likeness (QED) is 0.609. The number of benzene rings is 1. The predicted octanol–water partition coefficient (Wildman–Crippen LogP) is 4.61. The molecule has 32 heavy (non-hydrogen) atoms. The summed E-state index contributed by atoms with van der Waals surface area (Å²) in [5, 5.41) is 19.1. The van der Waals surface area contributed by atoms with E-state index in [9.17, 15) is 15.2 Å². The van der Waals surface area contributed by atoms with Crippen molar-refractivity contribution in [2.45, 2.75) is 39.2 Å². The largest absolute Gasteiger partial charge is 0.481 e. The monoisotopic (exact) mass is 433 g/mol. The zero-order valence-electron chi connectivity index (χ0n) is 18.4. The number of methoxy groups -OCH3 is 1. The maximum Gasteiger partial charge on any atom is 0.411 e. The number of rotatable bonds is 6. The minimum atomic E-state index is -0.966. The molecule has 1 saturated carbocycles. The molecule has 2 unspecified atom stereocenters. The van der Waals surface area contributed by atoms with Crippen molar-refractivity contribution in [3.05, 3.63) is 47.9 Å². The molecule has 2 atom stereocenters. The van der Waals surface area contributed by atoms with Gasteiger partial charge in [0.25, 0.3) is 0 Å². The van der Waals surface area contributed by atoms with Gasteiger partial charge < -0.3 is 14.4 Å². The number of amides is 1. The standard InChI is InChI=1S/C24H27N5O3/c1-16-8-23(32-2)26-12-22(16)29(24(30)31)14-19-5-3-4-18(9-19)13-28-15-27-20-7-6-17(11-25)10-21(20)28/h6-8,10,12,15,18-19H,3-5,9,13-14H2,1-2H3,(H,30,31). The van der Waals surface area contributed by atoms with Crippen molar-refractivity contribution in [3.63, 3.8) is 0 Å². The van der Waals surface area contributed by atoms with Crippen molar-refractivity contribution in [2.24, 2.45) is 11.8 Å². The van der Waals surface area contributed by atoms with E-state index < -0.39 is 6.09 Å². The first kappa shape index (κ1) is 21.6. The Morgan fingerprint density at radius 1 is 1.31 bits per heavy atom.